The van der Waals surface area contributed by atoms with Crippen molar-refractivity contribution in [1.82, 2.24) is 10.2 Å². The standard InChI is InChI=1S/C11H16ClN3O2/c1-7(12)8-5-6-9(15-14-8)13-10(16)17-11(2,3)4/h5-7H,1-4H3,(H,13,15,16). The summed E-state index contributed by atoms with van der Waals surface area (Å²) in [5.74, 6) is 0.334. The van der Waals surface area contributed by atoms with E-state index in [1.807, 2.05) is 0 Å². The SMILES string of the molecule is CC(Cl)c1ccc(NC(=O)OC(C)(C)C)nn1. The normalized spacial score (nSPS) is 13.0. The number of halogens is 1. The average Bonchev–Trinajstić information content (AvgIpc) is 2.15. The Morgan fingerprint density at radius 3 is 2.47 bits per heavy atom. The molecular weight excluding hydrogens is 242 g/mol. The summed E-state index contributed by atoms with van der Waals surface area (Å²) < 4.78 is 5.08. The molecule has 1 atom stereocenters. The molecule has 1 unspecified atom stereocenters. The van der Waals surface area contributed by atoms with Gasteiger partial charge < -0.3 is 4.74 Å². The Balaban J connectivity index is 2.61. The highest BCUT2D eigenvalue weighted by Gasteiger charge is 2.16. The first-order chi connectivity index (χ1) is 7.78. The molecule has 1 amide bonds. The van der Waals surface area contributed by atoms with Gasteiger partial charge in [0.2, 0.25) is 0 Å². The summed E-state index contributed by atoms with van der Waals surface area (Å²) in [5.41, 5.74) is 0.115. The third kappa shape index (κ3) is 4.99. The molecule has 0 aromatic carbocycles. The van der Waals surface area contributed by atoms with E-state index in [-0.39, 0.29) is 5.38 Å². The molecule has 1 aromatic heterocycles. The van der Waals surface area contributed by atoms with Gasteiger partial charge in [-0.25, -0.2) is 4.79 Å². The lowest BCUT2D eigenvalue weighted by Crippen LogP contribution is -2.27. The molecule has 0 saturated carbocycles. The van der Waals surface area contributed by atoms with E-state index >= 15 is 0 Å². The molecule has 0 aliphatic carbocycles. The van der Waals surface area contributed by atoms with Gasteiger partial charge in [-0.3, -0.25) is 5.32 Å². The summed E-state index contributed by atoms with van der Waals surface area (Å²) in [6.07, 6.45) is -0.557. The number of ether oxygens (including phenoxy) is 1. The van der Waals surface area contributed by atoms with Gasteiger partial charge in [0, 0.05) is 0 Å². The van der Waals surface area contributed by atoms with Gasteiger partial charge in [-0.1, -0.05) is 0 Å². The summed E-state index contributed by atoms with van der Waals surface area (Å²) in [7, 11) is 0. The van der Waals surface area contributed by atoms with E-state index in [0.717, 1.165) is 0 Å². The largest absolute Gasteiger partial charge is 0.444 e. The van der Waals surface area contributed by atoms with Crippen LogP contribution in [0.15, 0.2) is 12.1 Å². The average molecular weight is 258 g/mol. The van der Waals surface area contributed by atoms with Crippen LogP contribution in [-0.4, -0.2) is 21.9 Å². The highest BCUT2D eigenvalue weighted by atomic mass is 35.5. The molecule has 1 heterocycles. The van der Waals surface area contributed by atoms with Crippen LogP contribution >= 0.6 is 11.6 Å². The van der Waals surface area contributed by atoms with Crippen molar-refractivity contribution in [1.29, 1.82) is 0 Å². The molecule has 0 aliphatic heterocycles. The maximum Gasteiger partial charge on any atom is 0.413 e. The molecule has 1 aromatic rings. The number of amides is 1. The van der Waals surface area contributed by atoms with E-state index < -0.39 is 11.7 Å². The lowest BCUT2D eigenvalue weighted by Gasteiger charge is -2.19. The van der Waals surface area contributed by atoms with Crippen LogP contribution in [0.5, 0.6) is 0 Å². The zero-order chi connectivity index (χ0) is 13.1. The van der Waals surface area contributed by atoms with E-state index in [9.17, 15) is 4.79 Å². The first-order valence-electron chi connectivity index (χ1n) is 5.25. The minimum absolute atomic E-state index is 0.210. The predicted octanol–water partition coefficient (Wildman–Crippen LogP) is 3.12. The van der Waals surface area contributed by atoms with Gasteiger partial charge in [0.25, 0.3) is 0 Å². The van der Waals surface area contributed by atoms with Crippen LogP contribution in [0.25, 0.3) is 0 Å². The maximum atomic E-state index is 11.4. The molecule has 94 valence electrons. The van der Waals surface area contributed by atoms with Crippen molar-refractivity contribution in [2.24, 2.45) is 0 Å². The fourth-order valence-electron chi connectivity index (χ4n) is 1.03. The third-order valence-electron chi connectivity index (χ3n) is 1.72. The lowest BCUT2D eigenvalue weighted by molar-refractivity contribution is 0.0635. The number of nitrogens with zero attached hydrogens (tertiary/aromatic N) is 2. The van der Waals surface area contributed by atoms with Crippen molar-refractivity contribution in [3.05, 3.63) is 17.8 Å². The van der Waals surface area contributed by atoms with Gasteiger partial charge in [-0.2, -0.15) is 5.10 Å². The lowest BCUT2D eigenvalue weighted by atomic mass is 10.2. The summed E-state index contributed by atoms with van der Waals surface area (Å²) in [4.78, 5) is 11.4. The Labute approximate surface area is 106 Å². The Kier molecular flexibility index (Phi) is 4.28. The molecule has 0 saturated heterocycles. The van der Waals surface area contributed by atoms with Crippen LogP contribution in [0, 0.1) is 0 Å². The quantitative estimate of drug-likeness (QED) is 0.827. The Hall–Kier alpha value is -1.36. The number of hydrogen-bond donors (Lipinski definition) is 1. The molecule has 0 fully saturated rings. The van der Waals surface area contributed by atoms with Crippen LogP contribution in [0.3, 0.4) is 0 Å². The zero-order valence-electron chi connectivity index (χ0n) is 10.3. The second kappa shape index (κ2) is 5.31. The molecule has 0 spiro atoms. The summed E-state index contributed by atoms with van der Waals surface area (Å²) in [6.45, 7) is 7.16. The molecule has 0 bridgehead atoms. The number of rotatable bonds is 2. The highest BCUT2D eigenvalue weighted by molar-refractivity contribution is 6.20. The van der Waals surface area contributed by atoms with Crippen LogP contribution in [0.1, 0.15) is 38.8 Å². The van der Waals surface area contributed by atoms with E-state index in [1.165, 1.54) is 0 Å². The van der Waals surface area contributed by atoms with Crippen LogP contribution < -0.4 is 5.32 Å². The number of carbonyl (C=O) groups excluding carboxylic acids is 1. The Morgan fingerprint density at radius 1 is 1.41 bits per heavy atom. The molecule has 5 nitrogen and oxygen atoms in total. The molecule has 17 heavy (non-hydrogen) atoms. The first-order valence-corrected chi connectivity index (χ1v) is 5.69. The second-order valence-electron chi connectivity index (χ2n) is 4.59. The van der Waals surface area contributed by atoms with Crippen molar-refractivity contribution < 1.29 is 9.53 Å². The fourth-order valence-corrected chi connectivity index (χ4v) is 1.15. The Bertz CT molecular complexity index is 385. The van der Waals surface area contributed by atoms with Crippen molar-refractivity contribution in [3.63, 3.8) is 0 Å². The van der Waals surface area contributed by atoms with Gasteiger partial charge in [-0.05, 0) is 39.8 Å². The molecule has 1 rings (SSSR count). The number of hydrogen-bond acceptors (Lipinski definition) is 4. The van der Waals surface area contributed by atoms with Crippen molar-refractivity contribution in [2.45, 2.75) is 38.7 Å². The number of carbonyl (C=O) groups is 1. The number of aromatic nitrogens is 2. The number of anilines is 1. The first kappa shape index (κ1) is 13.7. The van der Waals surface area contributed by atoms with Gasteiger partial charge in [0.15, 0.2) is 5.82 Å². The topological polar surface area (TPSA) is 64.1 Å². The molecular formula is C11H16ClN3O2. The highest BCUT2D eigenvalue weighted by Crippen LogP contribution is 2.17. The van der Waals surface area contributed by atoms with Gasteiger partial charge >= 0.3 is 6.09 Å². The summed E-state index contributed by atoms with van der Waals surface area (Å²) in [5, 5.41) is 9.98. The second-order valence-corrected chi connectivity index (χ2v) is 5.24. The molecule has 1 N–H and O–H groups in total. The predicted molar refractivity (Wildman–Crippen MR) is 66.2 cm³/mol. The van der Waals surface area contributed by atoms with E-state index in [1.54, 1.807) is 39.8 Å². The fraction of sp³-hybridized carbons (Fsp3) is 0.545. The van der Waals surface area contributed by atoms with Gasteiger partial charge in [-0.15, -0.1) is 16.7 Å². The third-order valence-corrected chi connectivity index (χ3v) is 1.95. The van der Waals surface area contributed by atoms with Crippen molar-refractivity contribution >= 4 is 23.5 Å². The monoisotopic (exact) mass is 257 g/mol. The minimum atomic E-state index is -0.557. The van der Waals surface area contributed by atoms with E-state index in [2.05, 4.69) is 15.5 Å². The van der Waals surface area contributed by atoms with Crippen LogP contribution in [-0.2, 0) is 4.74 Å². The van der Waals surface area contributed by atoms with Crippen molar-refractivity contribution in [2.75, 3.05) is 5.32 Å². The number of nitrogens with one attached hydrogen (secondary N) is 1. The molecule has 6 heteroatoms. The van der Waals surface area contributed by atoms with E-state index in [4.69, 9.17) is 16.3 Å². The summed E-state index contributed by atoms with van der Waals surface area (Å²) >= 11 is 5.83. The smallest absolute Gasteiger partial charge is 0.413 e. The van der Waals surface area contributed by atoms with Gasteiger partial charge in [0.1, 0.15) is 5.60 Å². The van der Waals surface area contributed by atoms with Gasteiger partial charge in [0.05, 0.1) is 11.1 Å². The molecule has 0 aliphatic rings. The van der Waals surface area contributed by atoms with Crippen LogP contribution in [0.4, 0.5) is 10.6 Å². The van der Waals surface area contributed by atoms with Crippen molar-refractivity contribution in [3.8, 4) is 0 Å². The maximum absolute atomic E-state index is 11.4. The van der Waals surface area contributed by atoms with Crippen LogP contribution in [0.2, 0.25) is 0 Å². The van der Waals surface area contributed by atoms with E-state index in [0.29, 0.717) is 11.5 Å². The zero-order valence-corrected chi connectivity index (χ0v) is 11.1. The summed E-state index contributed by atoms with van der Waals surface area (Å²) in [6, 6.07) is 3.34. The minimum Gasteiger partial charge on any atom is -0.444 e. The number of alkyl halides is 1. The molecule has 0 radical (unpaired) electrons. The Morgan fingerprint density at radius 2 is 2.06 bits per heavy atom.